The second kappa shape index (κ2) is 7.97. The Morgan fingerprint density at radius 1 is 1.14 bits per heavy atom. The average Bonchev–Trinajstić information content (AvgIpc) is 3.04. The third kappa shape index (κ3) is 3.80. The fraction of sp³-hybridized carbons (Fsp3) is 0.429. The lowest BCUT2D eigenvalue weighted by Gasteiger charge is -2.39. The first-order valence-corrected chi connectivity index (χ1v) is 9.78. The summed E-state index contributed by atoms with van der Waals surface area (Å²) in [4.78, 5) is 29.1. The highest BCUT2D eigenvalue weighted by molar-refractivity contribution is 6.30. The number of benzene rings is 1. The molecule has 1 fully saturated rings. The summed E-state index contributed by atoms with van der Waals surface area (Å²) in [6.07, 6.45) is 0.235. The van der Waals surface area contributed by atoms with E-state index in [9.17, 15) is 14.7 Å². The van der Waals surface area contributed by atoms with Crippen LogP contribution in [0.15, 0.2) is 34.7 Å². The highest BCUT2D eigenvalue weighted by Gasteiger charge is 2.40. The monoisotopic (exact) mass is 404 g/mol. The van der Waals surface area contributed by atoms with Crippen molar-refractivity contribution in [3.8, 4) is 0 Å². The van der Waals surface area contributed by atoms with Gasteiger partial charge in [0.15, 0.2) is 5.60 Å². The molecule has 1 atom stereocenters. The molecule has 2 heterocycles. The molecule has 1 unspecified atom stereocenters. The summed E-state index contributed by atoms with van der Waals surface area (Å²) in [5.41, 5.74) is -0.591. The number of aryl methyl sites for hydroxylation is 2. The zero-order chi connectivity index (χ0) is 20.5. The summed E-state index contributed by atoms with van der Waals surface area (Å²) in [5, 5.41) is 11.6. The molecule has 1 saturated heterocycles. The number of hydrogen-bond acceptors (Lipinski definition) is 4. The van der Waals surface area contributed by atoms with Crippen molar-refractivity contribution in [3.05, 3.63) is 58.0 Å². The SMILES string of the molecule is CCC(O)(C(=O)N1CCN(C(=O)c2cc(C)oc2C)CC1)c1cccc(Cl)c1. The van der Waals surface area contributed by atoms with E-state index in [1.54, 1.807) is 54.0 Å². The first-order valence-electron chi connectivity index (χ1n) is 9.40. The Morgan fingerprint density at radius 3 is 2.32 bits per heavy atom. The molecule has 7 heteroatoms. The maximum absolute atomic E-state index is 13.1. The van der Waals surface area contributed by atoms with Crippen molar-refractivity contribution in [1.29, 1.82) is 0 Å². The zero-order valence-corrected chi connectivity index (χ0v) is 17.1. The second-order valence-corrected chi connectivity index (χ2v) is 7.57. The number of carbonyl (C=O) groups is 2. The summed E-state index contributed by atoms with van der Waals surface area (Å²) < 4.78 is 5.45. The van der Waals surface area contributed by atoms with Crippen molar-refractivity contribution in [2.24, 2.45) is 0 Å². The normalized spacial score (nSPS) is 16.8. The van der Waals surface area contributed by atoms with Crippen LogP contribution in [0.25, 0.3) is 0 Å². The van der Waals surface area contributed by atoms with Crippen LogP contribution in [0.1, 0.15) is 40.8 Å². The number of piperazine rings is 1. The van der Waals surface area contributed by atoms with Crippen molar-refractivity contribution in [2.45, 2.75) is 32.8 Å². The molecule has 0 bridgehead atoms. The molecule has 0 aliphatic carbocycles. The van der Waals surface area contributed by atoms with Crippen LogP contribution in [-0.2, 0) is 10.4 Å². The van der Waals surface area contributed by atoms with Gasteiger partial charge in [-0.3, -0.25) is 9.59 Å². The van der Waals surface area contributed by atoms with Gasteiger partial charge in [0.25, 0.3) is 11.8 Å². The molecule has 1 aliphatic rings. The topological polar surface area (TPSA) is 74.0 Å². The molecule has 2 aromatic rings. The largest absolute Gasteiger partial charge is 0.466 e. The standard InChI is InChI=1S/C21H25ClN2O4/c1-4-21(27,16-6-5-7-17(22)13-16)20(26)24-10-8-23(9-11-24)19(25)18-12-14(2)28-15(18)3/h5-7,12-13,27H,4,8-11H2,1-3H3. The number of furan rings is 1. The molecule has 0 radical (unpaired) electrons. The van der Waals surface area contributed by atoms with E-state index in [2.05, 4.69) is 0 Å². The van der Waals surface area contributed by atoms with E-state index in [0.717, 1.165) is 0 Å². The lowest BCUT2D eigenvalue weighted by molar-refractivity contribution is -0.154. The molecule has 6 nitrogen and oxygen atoms in total. The van der Waals surface area contributed by atoms with Gasteiger partial charge in [-0.2, -0.15) is 0 Å². The average molecular weight is 405 g/mol. The molecule has 0 spiro atoms. The van der Waals surface area contributed by atoms with E-state index in [0.29, 0.717) is 53.8 Å². The molecule has 0 saturated carbocycles. The lowest BCUT2D eigenvalue weighted by atomic mass is 9.89. The van der Waals surface area contributed by atoms with E-state index in [4.69, 9.17) is 16.0 Å². The Bertz CT molecular complexity index is 886. The second-order valence-electron chi connectivity index (χ2n) is 7.14. The van der Waals surface area contributed by atoms with Gasteiger partial charge in [0.1, 0.15) is 11.5 Å². The van der Waals surface area contributed by atoms with Gasteiger partial charge in [-0.05, 0) is 44.0 Å². The van der Waals surface area contributed by atoms with Crippen LogP contribution in [0.2, 0.25) is 5.02 Å². The fourth-order valence-corrected chi connectivity index (χ4v) is 3.80. The van der Waals surface area contributed by atoms with Crippen LogP contribution in [-0.4, -0.2) is 52.9 Å². The van der Waals surface area contributed by atoms with E-state index in [-0.39, 0.29) is 18.2 Å². The molecule has 28 heavy (non-hydrogen) atoms. The van der Waals surface area contributed by atoms with E-state index in [1.807, 2.05) is 6.92 Å². The molecular weight excluding hydrogens is 380 g/mol. The Kier molecular flexibility index (Phi) is 5.82. The molecule has 1 aromatic carbocycles. The van der Waals surface area contributed by atoms with Crippen LogP contribution < -0.4 is 0 Å². The molecule has 2 amide bonds. The first kappa shape index (κ1) is 20.4. The van der Waals surface area contributed by atoms with E-state index < -0.39 is 5.60 Å². The quantitative estimate of drug-likeness (QED) is 0.849. The minimum absolute atomic E-state index is 0.0953. The third-order valence-electron chi connectivity index (χ3n) is 5.29. The van der Waals surface area contributed by atoms with Gasteiger partial charge in [0.05, 0.1) is 5.56 Å². The predicted octanol–water partition coefficient (Wildman–Crippen LogP) is 3.13. The molecular formula is C21H25ClN2O4. The van der Waals surface area contributed by atoms with Crippen molar-refractivity contribution in [3.63, 3.8) is 0 Å². The molecule has 1 N–H and O–H groups in total. The molecule has 1 aromatic heterocycles. The van der Waals surface area contributed by atoms with Crippen molar-refractivity contribution < 1.29 is 19.1 Å². The minimum Gasteiger partial charge on any atom is -0.466 e. The lowest BCUT2D eigenvalue weighted by Crippen LogP contribution is -2.55. The number of hydrogen-bond donors (Lipinski definition) is 1. The van der Waals surface area contributed by atoms with Gasteiger partial charge in [-0.1, -0.05) is 30.7 Å². The van der Waals surface area contributed by atoms with Crippen LogP contribution in [0.3, 0.4) is 0 Å². The van der Waals surface area contributed by atoms with Gasteiger partial charge in [0, 0.05) is 31.2 Å². The summed E-state index contributed by atoms with van der Waals surface area (Å²) in [6.45, 7) is 6.89. The number of rotatable bonds is 4. The number of halogens is 1. The highest BCUT2D eigenvalue weighted by atomic mass is 35.5. The maximum atomic E-state index is 13.1. The predicted molar refractivity (Wildman–Crippen MR) is 106 cm³/mol. The zero-order valence-electron chi connectivity index (χ0n) is 16.4. The van der Waals surface area contributed by atoms with Crippen molar-refractivity contribution in [1.82, 2.24) is 9.80 Å². The van der Waals surface area contributed by atoms with Gasteiger partial charge >= 0.3 is 0 Å². The molecule has 150 valence electrons. The number of amides is 2. The van der Waals surface area contributed by atoms with Gasteiger partial charge in [-0.25, -0.2) is 0 Å². The fourth-order valence-electron chi connectivity index (χ4n) is 3.61. The Morgan fingerprint density at radius 2 is 1.79 bits per heavy atom. The van der Waals surface area contributed by atoms with Crippen molar-refractivity contribution >= 4 is 23.4 Å². The Hall–Kier alpha value is -2.31. The maximum Gasteiger partial charge on any atom is 0.259 e. The smallest absolute Gasteiger partial charge is 0.259 e. The number of carbonyl (C=O) groups excluding carboxylic acids is 2. The number of aliphatic hydroxyl groups is 1. The van der Waals surface area contributed by atoms with Crippen molar-refractivity contribution in [2.75, 3.05) is 26.2 Å². The van der Waals surface area contributed by atoms with Crippen LogP contribution in [0.4, 0.5) is 0 Å². The third-order valence-corrected chi connectivity index (χ3v) is 5.53. The summed E-state index contributed by atoms with van der Waals surface area (Å²) >= 11 is 6.04. The first-order chi connectivity index (χ1) is 13.3. The number of nitrogens with zero attached hydrogens (tertiary/aromatic N) is 2. The van der Waals surface area contributed by atoms with Gasteiger partial charge < -0.3 is 19.3 Å². The van der Waals surface area contributed by atoms with Crippen LogP contribution >= 0.6 is 11.6 Å². The van der Waals surface area contributed by atoms with Crippen LogP contribution in [0, 0.1) is 13.8 Å². The summed E-state index contributed by atoms with van der Waals surface area (Å²) in [5.74, 6) is 0.841. The van der Waals surface area contributed by atoms with Gasteiger partial charge in [0.2, 0.25) is 0 Å². The highest BCUT2D eigenvalue weighted by Crippen LogP contribution is 2.30. The molecule has 1 aliphatic heterocycles. The molecule has 3 rings (SSSR count). The minimum atomic E-state index is -1.63. The van der Waals surface area contributed by atoms with Crippen LogP contribution in [0.5, 0.6) is 0 Å². The Balaban J connectivity index is 1.70. The van der Waals surface area contributed by atoms with E-state index >= 15 is 0 Å². The summed E-state index contributed by atoms with van der Waals surface area (Å²) in [7, 11) is 0. The van der Waals surface area contributed by atoms with E-state index in [1.165, 1.54) is 0 Å². The summed E-state index contributed by atoms with van der Waals surface area (Å²) in [6, 6.07) is 8.49. The van der Waals surface area contributed by atoms with Gasteiger partial charge in [-0.15, -0.1) is 0 Å². The Labute approximate surface area is 169 Å².